The lowest BCUT2D eigenvalue weighted by molar-refractivity contribution is 0.621. The number of aromatic nitrogens is 2. The van der Waals surface area contributed by atoms with E-state index in [1.165, 1.54) is 6.07 Å². The van der Waals surface area contributed by atoms with Gasteiger partial charge in [-0.1, -0.05) is 0 Å². The Balaban J connectivity index is 2.55. The van der Waals surface area contributed by atoms with Gasteiger partial charge in [-0.15, -0.1) is 0 Å². The lowest BCUT2D eigenvalue weighted by atomic mass is 10.1. The van der Waals surface area contributed by atoms with Crippen LogP contribution in [0.3, 0.4) is 0 Å². The molecule has 0 unspecified atom stereocenters. The Morgan fingerprint density at radius 1 is 1.47 bits per heavy atom. The molecule has 0 saturated heterocycles. The van der Waals surface area contributed by atoms with E-state index < -0.39 is 0 Å². The summed E-state index contributed by atoms with van der Waals surface area (Å²) in [5.74, 6) is 0.266. The minimum absolute atomic E-state index is 0.298. The van der Waals surface area contributed by atoms with Crippen molar-refractivity contribution >= 4 is 21.7 Å². The zero-order valence-corrected chi connectivity index (χ0v) is 9.62. The van der Waals surface area contributed by atoms with E-state index in [1.54, 1.807) is 23.0 Å². The van der Waals surface area contributed by atoms with Crippen molar-refractivity contribution in [2.75, 3.05) is 5.73 Å². The second-order valence-electron chi connectivity index (χ2n) is 3.22. The summed E-state index contributed by atoms with van der Waals surface area (Å²) in [6.45, 7) is 0. The van der Waals surface area contributed by atoms with Crippen LogP contribution < -0.4 is 5.73 Å². The fourth-order valence-electron chi connectivity index (χ4n) is 1.31. The molecule has 5 heteroatoms. The Morgan fingerprint density at radius 3 is 2.73 bits per heavy atom. The van der Waals surface area contributed by atoms with Gasteiger partial charge in [0, 0.05) is 12.6 Å². The van der Waals surface area contributed by atoms with Crippen LogP contribution in [0.15, 0.2) is 29.0 Å². The molecule has 0 aliphatic heterocycles. The predicted octanol–water partition coefficient (Wildman–Crippen LogP) is 2.57. The van der Waals surface area contributed by atoms with E-state index in [1.807, 2.05) is 7.05 Å². The van der Waals surface area contributed by atoms with Crippen molar-refractivity contribution in [1.29, 1.82) is 0 Å². The lowest BCUT2D eigenvalue weighted by Crippen LogP contribution is -1.95. The molecule has 0 bridgehead atoms. The Labute approximate surface area is 94.9 Å². The lowest BCUT2D eigenvalue weighted by Gasteiger charge is -2.01. The maximum Gasteiger partial charge on any atom is 0.137 e. The molecule has 78 valence electrons. The summed E-state index contributed by atoms with van der Waals surface area (Å²) in [4.78, 5) is 4.15. The van der Waals surface area contributed by atoms with Crippen LogP contribution in [0.1, 0.15) is 0 Å². The van der Waals surface area contributed by atoms with E-state index in [0.29, 0.717) is 16.0 Å². The number of nitrogen functional groups attached to an aromatic ring is 1. The van der Waals surface area contributed by atoms with Gasteiger partial charge in [0.05, 0.1) is 10.8 Å². The summed E-state index contributed by atoms with van der Waals surface area (Å²) in [5.41, 5.74) is 7.27. The smallest absolute Gasteiger partial charge is 0.137 e. The van der Waals surface area contributed by atoms with Crippen LogP contribution in [0, 0.1) is 5.82 Å². The van der Waals surface area contributed by atoms with Crippen LogP contribution >= 0.6 is 15.9 Å². The van der Waals surface area contributed by atoms with E-state index in [2.05, 4.69) is 20.9 Å². The minimum Gasteiger partial charge on any atom is -0.383 e. The first kappa shape index (κ1) is 10.2. The number of hydrogen-bond acceptors (Lipinski definition) is 2. The highest BCUT2D eigenvalue weighted by molar-refractivity contribution is 9.10. The van der Waals surface area contributed by atoms with E-state index in [4.69, 9.17) is 5.73 Å². The van der Waals surface area contributed by atoms with E-state index in [0.717, 1.165) is 5.56 Å². The molecule has 1 aromatic carbocycles. The fourth-order valence-corrected chi connectivity index (χ4v) is 1.68. The average Bonchev–Trinajstić information content (AvgIpc) is 2.53. The van der Waals surface area contributed by atoms with Gasteiger partial charge in [0.25, 0.3) is 0 Å². The van der Waals surface area contributed by atoms with Crippen molar-refractivity contribution in [3.05, 3.63) is 34.8 Å². The van der Waals surface area contributed by atoms with E-state index >= 15 is 0 Å². The van der Waals surface area contributed by atoms with Crippen LogP contribution in [0.25, 0.3) is 11.3 Å². The third-order valence-electron chi connectivity index (χ3n) is 2.18. The average molecular weight is 270 g/mol. The van der Waals surface area contributed by atoms with Gasteiger partial charge in [-0.2, -0.15) is 0 Å². The number of halogens is 2. The molecule has 3 nitrogen and oxygen atoms in total. The first-order valence-electron chi connectivity index (χ1n) is 4.32. The highest BCUT2D eigenvalue weighted by Gasteiger charge is 2.09. The Bertz CT molecular complexity index is 507. The van der Waals surface area contributed by atoms with Gasteiger partial charge < -0.3 is 10.3 Å². The zero-order valence-electron chi connectivity index (χ0n) is 8.04. The first-order valence-corrected chi connectivity index (χ1v) is 5.11. The highest BCUT2D eigenvalue weighted by atomic mass is 79.9. The minimum atomic E-state index is -0.298. The van der Waals surface area contributed by atoms with Gasteiger partial charge in [0.15, 0.2) is 0 Å². The first-order chi connectivity index (χ1) is 7.09. The molecule has 1 aromatic heterocycles. The van der Waals surface area contributed by atoms with Gasteiger partial charge in [0.2, 0.25) is 0 Å². The number of imidazole rings is 1. The molecule has 0 radical (unpaired) electrons. The number of hydrogen-bond donors (Lipinski definition) is 1. The predicted molar refractivity (Wildman–Crippen MR) is 60.7 cm³/mol. The van der Waals surface area contributed by atoms with E-state index in [9.17, 15) is 4.39 Å². The maximum absolute atomic E-state index is 13.0. The Morgan fingerprint density at radius 2 is 2.20 bits per heavy atom. The van der Waals surface area contributed by atoms with Crippen LogP contribution in [0.4, 0.5) is 10.2 Å². The second kappa shape index (κ2) is 3.66. The summed E-state index contributed by atoms with van der Waals surface area (Å²) >= 11 is 3.12. The molecule has 15 heavy (non-hydrogen) atoms. The van der Waals surface area contributed by atoms with E-state index in [-0.39, 0.29) is 5.82 Å². The fraction of sp³-hybridized carbons (Fsp3) is 0.100. The monoisotopic (exact) mass is 269 g/mol. The van der Waals surface area contributed by atoms with Gasteiger partial charge in [0.1, 0.15) is 17.3 Å². The normalized spacial score (nSPS) is 10.6. The molecule has 0 atom stereocenters. The summed E-state index contributed by atoms with van der Waals surface area (Å²) in [6, 6.07) is 4.69. The molecular weight excluding hydrogens is 261 g/mol. The van der Waals surface area contributed by atoms with Crippen molar-refractivity contribution < 1.29 is 4.39 Å². The SMILES string of the molecule is Cn1cnc(-c2ccc(F)c(Br)c2)c1N. The van der Waals surface area contributed by atoms with Crippen LogP contribution in [-0.2, 0) is 7.05 Å². The highest BCUT2D eigenvalue weighted by Crippen LogP contribution is 2.27. The quantitative estimate of drug-likeness (QED) is 0.865. The Kier molecular flexibility index (Phi) is 2.48. The maximum atomic E-state index is 13.0. The second-order valence-corrected chi connectivity index (χ2v) is 4.07. The molecule has 0 aliphatic rings. The number of aryl methyl sites for hydroxylation is 1. The summed E-state index contributed by atoms with van der Waals surface area (Å²) in [6.07, 6.45) is 1.63. The van der Waals surface area contributed by atoms with Crippen LogP contribution in [0.5, 0.6) is 0 Å². The number of benzene rings is 1. The standard InChI is InChI=1S/C10H9BrFN3/c1-15-5-14-9(10(15)13)6-2-3-8(12)7(11)4-6/h2-5H,13H2,1H3. The topological polar surface area (TPSA) is 43.8 Å². The third kappa shape index (κ3) is 1.74. The van der Waals surface area contributed by atoms with Crippen molar-refractivity contribution in [2.24, 2.45) is 7.05 Å². The van der Waals surface area contributed by atoms with Gasteiger partial charge >= 0.3 is 0 Å². The molecule has 2 N–H and O–H groups in total. The van der Waals surface area contributed by atoms with Crippen molar-refractivity contribution in [3.8, 4) is 11.3 Å². The van der Waals surface area contributed by atoms with Gasteiger partial charge in [-0.05, 0) is 34.1 Å². The number of rotatable bonds is 1. The number of nitrogens with two attached hydrogens (primary N) is 1. The van der Waals surface area contributed by atoms with Gasteiger partial charge in [-0.25, -0.2) is 9.37 Å². The molecular formula is C10H9BrFN3. The summed E-state index contributed by atoms with van der Waals surface area (Å²) in [7, 11) is 1.81. The van der Waals surface area contributed by atoms with Crippen LogP contribution in [0.2, 0.25) is 0 Å². The molecule has 0 amide bonds. The molecule has 2 rings (SSSR count). The van der Waals surface area contributed by atoms with Crippen molar-refractivity contribution in [1.82, 2.24) is 9.55 Å². The van der Waals surface area contributed by atoms with Crippen LogP contribution in [-0.4, -0.2) is 9.55 Å². The molecule has 0 aliphatic carbocycles. The molecule has 2 aromatic rings. The van der Waals surface area contributed by atoms with Crippen molar-refractivity contribution in [3.63, 3.8) is 0 Å². The summed E-state index contributed by atoms with van der Waals surface area (Å²) in [5, 5.41) is 0. The molecule has 0 fully saturated rings. The van der Waals surface area contributed by atoms with Crippen molar-refractivity contribution in [2.45, 2.75) is 0 Å². The largest absolute Gasteiger partial charge is 0.383 e. The Hall–Kier alpha value is -1.36. The zero-order chi connectivity index (χ0) is 11.0. The number of anilines is 1. The molecule has 0 saturated carbocycles. The summed E-state index contributed by atoms with van der Waals surface area (Å²) < 4.78 is 15.1. The number of nitrogens with zero attached hydrogens (tertiary/aromatic N) is 2. The molecule has 1 heterocycles. The molecule has 0 spiro atoms. The third-order valence-corrected chi connectivity index (χ3v) is 2.78. The van der Waals surface area contributed by atoms with Gasteiger partial charge in [-0.3, -0.25) is 0 Å².